The van der Waals surface area contributed by atoms with Gasteiger partial charge in [0.15, 0.2) is 0 Å². The maximum Gasteiger partial charge on any atom is 0.371 e. The van der Waals surface area contributed by atoms with Crippen LogP contribution in [-0.2, 0) is 28.6 Å². The summed E-state index contributed by atoms with van der Waals surface area (Å²) in [5.41, 5.74) is 0. The Kier molecular flexibility index (Phi) is 5.87. The first-order valence-electron chi connectivity index (χ1n) is 4.73. The van der Waals surface area contributed by atoms with E-state index in [1.807, 2.05) is 0 Å². The standard InChI is InChI=1S/C9H12O6S/c10-5-8(12)13-2-1-7(11)15-9-6-16-4-3-14-9/h5,9H,1-4,6H2. The second-order valence-corrected chi connectivity index (χ2v) is 4.05. The van der Waals surface area contributed by atoms with Gasteiger partial charge in [0.25, 0.3) is 0 Å². The number of esters is 2. The molecule has 0 N–H and O–H groups in total. The highest BCUT2D eigenvalue weighted by Gasteiger charge is 2.18. The molecule has 1 fully saturated rings. The summed E-state index contributed by atoms with van der Waals surface area (Å²) >= 11 is 1.64. The van der Waals surface area contributed by atoms with Crippen LogP contribution in [-0.4, -0.2) is 49.2 Å². The average molecular weight is 248 g/mol. The van der Waals surface area contributed by atoms with Crippen LogP contribution in [0.4, 0.5) is 0 Å². The second-order valence-electron chi connectivity index (χ2n) is 2.90. The molecule has 1 rings (SSSR count). The van der Waals surface area contributed by atoms with Crippen molar-refractivity contribution in [2.75, 3.05) is 24.7 Å². The topological polar surface area (TPSA) is 78.9 Å². The van der Waals surface area contributed by atoms with Crippen LogP contribution >= 0.6 is 11.8 Å². The summed E-state index contributed by atoms with van der Waals surface area (Å²) in [6.07, 6.45) is -0.552. The molecule has 0 aromatic heterocycles. The van der Waals surface area contributed by atoms with E-state index in [0.29, 0.717) is 12.4 Å². The largest absolute Gasteiger partial charge is 0.460 e. The Hall–Kier alpha value is -1.08. The minimum atomic E-state index is -0.989. The molecule has 1 atom stereocenters. The van der Waals surface area contributed by atoms with Gasteiger partial charge in [-0.2, -0.15) is 11.8 Å². The molecule has 0 aromatic carbocycles. The van der Waals surface area contributed by atoms with Gasteiger partial charge in [-0.05, 0) is 0 Å². The molecule has 90 valence electrons. The summed E-state index contributed by atoms with van der Waals surface area (Å²) in [6.45, 7) is 0.402. The molecule has 0 radical (unpaired) electrons. The van der Waals surface area contributed by atoms with E-state index >= 15 is 0 Å². The second kappa shape index (κ2) is 7.24. The fourth-order valence-electron chi connectivity index (χ4n) is 1.01. The number of hydrogen-bond acceptors (Lipinski definition) is 7. The first-order chi connectivity index (χ1) is 7.72. The Morgan fingerprint density at radius 1 is 1.50 bits per heavy atom. The highest BCUT2D eigenvalue weighted by Crippen LogP contribution is 2.13. The zero-order valence-electron chi connectivity index (χ0n) is 8.55. The van der Waals surface area contributed by atoms with Crippen LogP contribution in [0.15, 0.2) is 0 Å². The third kappa shape index (κ3) is 5.13. The zero-order chi connectivity index (χ0) is 11.8. The number of thioether (sulfide) groups is 1. The van der Waals surface area contributed by atoms with Crippen molar-refractivity contribution in [3.63, 3.8) is 0 Å². The third-order valence-electron chi connectivity index (χ3n) is 1.69. The van der Waals surface area contributed by atoms with Gasteiger partial charge in [-0.1, -0.05) is 0 Å². The molecule has 0 aliphatic carbocycles. The predicted octanol–water partition coefficient (Wildman–Crippen LogP) is -0.249. The quantitative estimate of drug-likeness (QED) is 0.377. The van der Waals surface area contributed by atoms with E-state index < -0.39 is 18.2 Å². The molecule has 0 bridgehead atoms. The molecule has 1 unspecified atom stereocenters. The van der Waals surface area contributed by atoms with Crippen LogP contribution < -0.4 is 0 Å². The van der Waals surface area contributed by atoms with E-state index in [9.17, 15) is 14.4 Å². The predicted molar refractivity (Wildman–Crippen MR) is 54.8 cm³/mol. The zero-order valence-corrected chi connectivity index (χ0v) is 9.36. The summed E-state index contributed by atoms with van der Waals surface area (Å²) in [6, 6.07) is 0. The highest BCUT2D eigenvalue weighted by molar-refractivity contribution is 7.99. The van der Waals surface area contributed by atoms with Gasteiger partial charge in [0.1, 0.15) is 6.61 Å². The summed E-state index contributed by atoms with van der Waals surface area (Å²) in [5, 5.41) is 0. The number of rotatable bonds is 5. The Morgan fingerprint density at radius 2 is 2.31 bits per heavy atom. The van der Waals surface area contributed by atoms with Crippen LogP contribution in [0.2, 0.25) is 0 Å². The van der Waals surface area contributed by atoms with Gasteiger partial charge in [-0.25, -0.2) is 4.79 Å². The molecule has 0 amide bonds. The number of carbonyl (C=O) groups is 3. The van der Waals surface area contributed by atoms with Crippen molar-refractivity contribution in [3.05, 3.63) is 0 Å². The Bertz CT molecular complexity index is 261. The van der Waals surface area contributed by atoms with Crippen LogP contribution in [0, 0.1) is 0 Å². The van der Waals surface area contributed by atoms with Gasteiger partial charge in [0.05, 0.1) is 18.8 Å². The van der Waals surface area contributed by atoms with Crippen molar-refractivity contribution >= 4 is 30.0 Å². The molecular weight excluding hydrogens is 236 g/mol. The first-order valence-corrected chi connectivity index (χ1v) is 5.88. The van der Waals surface area contributed by atoms with Gasteiger partial charge in [-0.15, -0.1) is 0 Å². The maximum absolute atomic E-state index is 11.2. The van der Waals surface area contributed by atoms with Crippen molar-refractivity contribution in [2.24, 2.45) is 0 Å². The summed E-state index contributed by atoms with van der Waals surface area (Å²) < 4.78 is 14.5. The van der Waals surface area contributed by atoms with Crippen LogP contribution in [0.1, 0.15) is 6.42 Å². The fraction of sp³-hybridized carbons (Fsp3) is 0.667. The van der Waals surface area contributed by atoms with E-state index in [4.69, 9.17) is 9.47 Å². The lowest BCUT2D eigenvalue weighted by atomic mass is 10.4. The van der Waals surface area contributed by atoms with Crippen molar-refractivity contribution in [1.82, 2.24) is 0 Å². The molecule has 7 heteroatoms. The van der Waals surface area contributed by atoms with Gasteiger partial charge < -0.3 is 14.2 Å². The first kappa shape index (κ1) is 13.0. The lowest BCUT2D eigenvalue weighted by Gasteiger charge is -2.21. The lowest BCUT2D eigenvalue weighted by Crippen LogP contribution is -2.29. The molecule has 0 aromatic rings. The summed E-state index contributed by atoms with van der Waals surface area (Å²) in [5.74, 6) is 0.00804. The molecule has 16 heavy (non-hydrogen) atoms. The molecule has 1 heterocycles. The molecule has 6 nitrogen and oxygen atoms in total. The van der Waals surface area contributed by atoms with Gasteiger partial charge in [-0.3, -0.25) is 9.59 Å². The van der Waals surface area contributed by atoms with E-state index in [0.717, 1.165) is 5.75 Å². The van der Waals surface area contributed by atoms with Crippen molar-refractivity contribution in [2.45, 2.75) is 12.7 Å². The third-order valence-corrected chi connectivity index (χ3v) is 2.66. The Balaban J connectivity index is 2.10. The minimum Gasteiger partial charge on any atom is -0.460 e. The van der Waals surface area contributed by atoms with E-state index in [1.165, 1.54) is 0 Å². The van der Waals surface area contributed by atoms with E-state index in [2.05, 4.69) is 4.74 Å². The number of ether oxygens (including phenoxy) is 3. The lowest BCUT2D eigenvalue weighted by molar-refractivity contribution is -0.175. The van der Waals surface area contributed by atoms with Crippen molar-refractivity contribution in [1.29, 1.82) is 0 Å². The molecule has 0 spiro atoms. The molecule has 0 saturated carbocycles. The van der Waals surface area contributed by atoms with E-state index in [1.54, 1.807) is 11.8 Å². The van der Waals surface area contributed by atoms with Gasteiger partial charge in [0, 0.05) is 5.75 Å². The van der Waals surface area contributed by atoms with Crippen molar-refractivity contribution in [3.8, 4) is 0 Å². The van der Waals surface area contributed by atoms with Crippen molar-refractivity contribution < 1.29 is 28.6 Å². The fourth-order valence-corrected chi connectivity index (χ4v) is 1.75. The van der Waals surface area contributed by atoms with Crippen LogP contribution in [0.5, 0.6) is 0 Å². The minimum absolute atomic E-state index is 0.0478. The smallest absolute Gasteiger partial charge is 0.371 e. The molecule has 1 aliphatic heterocycles. The molecular formula is C9H12O6S. The van der Waals surface area contributed by atoms with Crippen LogP contribution in [0.3, 0.4) is 0 Å². The summed E-state index contributed by atoms with van der Waals surface area (Å²) in [7, 11) is 0. The monoisotopic (exact) mass is 248 g/mol. The summed E-state index contributed by atoms with van der Waals surface area (Å²) in [4.78, 5) is 31.5. The highest BCUT2D eigenvalue weighted by atomic mass is 32.2. The van der Waals surface area contributed by atoms with Crippen LogP contribution in [0.25, 0.3) is 0 Å². The van der Waals surface area contributed by atoms with E-state index in [-0.39, 0.29) is 19.3 Å². The molecule has 1 aliphatic rings. The Morgan fingerprint density at radius 3 is 2.94 bits per heavy atom. The number of carbonyl (C=O) groups excluding carboxylic acids is 3. The normalized spacial score (nSPS) is 19.9. The SMILES string of the molecule is O=CC(=O)OCCC(=O)OC1CSCCO1. The molecule has 1 saturated heterocycles. The van der Waals surface area contributed by atoms with Gasteiger partial charge in [0.2, 0.25) is 12.6 Å². The maximum atomic E-state index is 11.2. The number of aldehydes is 1. The Labute approximate surface area is 96.6 Å². The number of hydrogen-bond donors (Lipinski definition) is 0. The van der Waals surface area contributed by atoms with Gasteiger partial charge >= 0.3 is 11.9 Å². The average Bonchev–Trinajstić information content (AvgIpc) is 2.30.